The Bertz CT molecular complexity index is 851. The number of nitrogens with zero attached hydrogens (tertiary/aromatic N) is 1. The molecule has 1 N–H and O–H groups in total. The van der Waals surface area contributed by atoms with Crippen LogP contribution in [0.5, 0.6) is 0 Å². The summed E-state index contributed by atoms with van der Waals surface area (Å²) in [4.78, 5) is 51.3. The smallest absolute Gasteiger partial charge is 0.408 e. The number of rotatable bonds is 11. The predicted molar refractivity (Wildman–Crippen MR) is 129 cm³/mol. The Hall–Kier alpha value is -3.10. The molecule has 9 heteroatoms. The third kappa shape index (κ3) is 9.96. The van der Waals surface area contributed by atoms with Gasteiger partial charge in [0.2, 0.25) is 5.91 Å². The Morgan fingerprint density at radius 3 is 2.46 bits per heavy atom. The maximum Gasteiger partial charge on any atom is 0.408 e. The van der Waals surface area contributed by atoms with Gasteiger partial charge in [0.05, 0.1) is 7.11 Å². The fourth-order valence-electron chi connectivity index (χ4n) is 3.96. The van der Waals surface area contributed by atoms with Crippen molar-refractivity contribution < 1.29 is 33.4 Å². The van der Waals surface area contributed by atoms with Crippen molar-refractivity contribution in [2.24, 2.45) is 0 Å². The van der Waals surface area contributed by atoms with Crippen molar-refractivity contribution in [3.63, 3.8) is 0 Å². The van der Waals surface area contributed by atoms with E-state index in [1.807, 2.05) is 51.1 Å². The molecule has 1 aliphatic rings. The minimum atomic E-state index is -0.843. The Morgan fingerprint density at radius 1 is 1.09 bits per heavy atom. The highest BCUT2D eigenvalue weighted by Gasteiger charge is 2.38. The van der Waals surface area contributed by atoms with Crippen molar-refractivity contribution in [2.45, 2.75) is 90.0 Å². The van der Waals surface area contributed by atoms with Gasteiger partial charge in [-0.1, -0.05) is 43.2 Å². The molecule has 0 radical (unpaired) electrons. The van der Waals surface area contributed by atoms with Gasteiger partial charge in [-0.15, -0.1) is 0 Å². The third-order valence-corrected chi connectivity index (χ3v) is 5.61. The Balaban J connectivity index is 1.93. The lowest BCUT2D eigenvalue weighted by Gasteiger charge is -2.28. The van der Waals surface area contributed by atoms with Crippen molar-refractivity contribution in [1.82, 2.24) is 10.2 Å². The first kappa shape index (κ1) is 28.1. The van der Waals surface area contributed by atoms with Crippen molar-refractivity contribution in [3.05, 3.63) is 35.9 Å². The summed E-state index contributed by atoms with van der Waals surface area (Å²) in [6.07, 6.45) is 3.07. The number of hydrogen-bond donors (Lipinski definition) is 1. The number of likely N-dealkylation sites (tertiary alicyclic amines) is 1. The number of alkyl carbamates (subject to hydrolysis) is 1. The summed E-state index contributed by atoms with van der Waals surface area (Å²) in [6.45, 7) is 5.98. The summed E-state index contributed by atoms with van der Waals surface area (Å²) in [7, 11) is 1.30. The number of esters is 2. The Labute approximate surface area is 207 Å². The van der Waals surface area contributed by atoms with E-state index in [0.29, 0.717) is 51.5 Å². The molecular weight excluding hydrogens is 452 g/mol. The van der Waals surface area contributed by atoms with Gasteiger partial charge < -0.3 is 24.4 Å². The van der Waals surface area contributed by atoms with Crippen LogP contribution in [0.15, 0.2) is 30.3 Å². The molecule has 1 saturated heterocycles. The molecule has 1 heterocycles. The molecule has 2 rings (SSSR count). The number of ether oxygens (including phenoxy) is 3. The lowest BCUT2D eigenvalue weighted by atomic mass is 10.1. The monoisotopic (exact) mass is 490 g/mol. The van der Waals surface area contributed by atoms with E-state index in [-0.39, 0.29) is 18.5 Å². The van der Waals surface area contributed by atoms with Crippen LogP contribution in [0.25, 0.3) is 0 Å². The van der Waals surface area contributed by atoms with E-state index < -0.39 is 29.7 Å². The maximum atomic E-state index is 13.3. The van der Waals surface area contributed by atoms with E-state index >= 15 is 0 Å². The average molecular weight is 491 g/mol. The van der Waals surface area contributed by atoms with Gasteiger partial charge in [-0.3, -0.25) is 9.59 Å². The van der Waals surface area contributed by atoms with Gasteiger partial charge in [0.25, 0.3) is 0 Å². The van der Waals surface area contributed by atoms with E-state index in [4.69, 9.17) is 14.2 Å². The Kier molecular flexibility index (Phi) is 11.0. The second kappa shape index (κ2) is 13.7. The second-order valence-electron chi connectivity index (χ2n) is 9.66. The summed E-state index contributed by atoms with van der Waals surface area (Å²) in [5.41, 5.74) is 0.308. The molecule has 1 aromatic carbocycles. The van der Waals surface area contributed by atoms with E-state index in [1.54, 1.807) is 0 Å². The Morgan fingerprint density at radius 2 is 1.80 bits per heavy atom. The van der Waals surface area contributed by atoms with Crippen LogP contribution in [0.1, 0.15) is 71.3 Å². The number of methoxy groups -OCH3 is 1. The molecule has 9 nitrogen and oxygen atoms in total. The highest BCUT2D eigenvalue weighted by atomic mass is 16.6. The number of carbonyl (C=O) groups is 4. The zero-order valence-corrected chi connectivity index (χ0v) is 21.2. The van der Waals surface area contributed by atoms with Crippen LogP contribution in [0, 0.1) is 0 Å². The molecule has 0 bridgehead atoms. The van der Waals surface area contributed by atoms with Crippen LogP contribution in [0.4, 0.5) is 4.79 Å². The second-order valence-corrected chi connectivity index (χ2v) is 9.66. The fourth-order valence-corrected chi connectivity index (χ4v) is 3.96. The number of nitrogens with one attached hydrogen (secondary N) is 1. The molecule has 0 spiro atoms. The molecule has 0 unspecified atom stereocenters. The van der Waals surface area contributed by atoms with Gasteiger partial charge in [0, 0.05) is 13.0 Å². The number of amides is 2. The number of unbranched alkanes of at least 4 members (excludes halogenated alkanes) is 2. The molecule has 2 amide bonds. The zero-order chi connectivity index (χ0) is 25.8. The molecule has 1 fully saturated rings. The largest absolute Gasteiger partial charge is 0.467 e. The molecule has 0 aromatic heterocycles. The van der Waals surface area contributed by atoms with Gasteiger partial charge in [-0.05, 0) is 52.0 Å². The quantitative estimate of drug-likeness (QED) is 0.286. The van der Waals surface area contributed by atoms with Crippen LogP contribution in [0.2, 0.25) is 0 Å². The standard InChI is InChI=1S/C26H38N2O7/c1-26(2,3)35-22(29)16-10-6-9-14-20(23(30)28-17-11-15-21(28)24(31)33-4)27-25(32)34-18-19-12-7-5-8-13-19/h5,7-8,12-13,20-21H,6,9-11,14-18H2,1-4H3,(H,27,32)/t20-,21+/m0/s1. The molecule has 0 saturated carbocycles. The normalized spacial score (nSPS) is 16.3. The zero-order valence-electron chi connectivity index (χ0n) is 21.2. The van der Waals surface area contributed by atoms with Crippen LogP contribution in [-0.4, -0.2) is 60.2 Å². The first-order valence-electron chi connectivity index (χ1n) is 12.2. The van der Waals surface area contributed by atoms with Crippen LogP contribution in [0.3, 0.4) is 0 Å². The first-order chi connectivity index (χ1) is 16.6. The van der Waals surface area contributed by atoms with Crippen molar-refractivity contribution in [2.75, 3.05) is 13.7 Å². The van der Waals surface area contributed by atoms with Gasteiger partial charge >= 0.3 is 18.0 Å². The average Bonchev–Trinajstić information content (AvgIpc) is 3.30. The van der Waals surface area contributed by atoms with Gasteiger partial charge in [0.1, 0.15) is 24.3 Å². The van der Waals surface area contributed by atoms with Crippen LogP contribution >= 0.6 is 0 Å². The summed E-state index contributed by atoms with van der Waals surface area (Å²) in [5.74, 6) is -1.05. The molecule has 2 atom stereocenters. The van der Waals surface area contributed by atoms with Gasteiger partial charge in [-0.25, -0.2) is 9.59 Å². The van der Waals surface area contributed by atoms with E-state index in [0.717, 1.165) is 5.56 Å². The number of hydrogen-bond acceptors (Lipinski definition) is 7. The lowest BCUT2D eigenvalue weighted by molar-refractivity contribution is -0.155. The van der Waals surface area contributed by atoms with Crippen molar-refractivity contribution in [3.8, 4) is 0 Å². The summed E-state index contributed by atoms with van der Waals surface area (Å²) in [5, 5.41) is 2.68. The van der Waals surface area contributed by atoms with Crippen LogP contribution in [-0.2, 0) is 35.2 Å². The van der Waals surface area contributed by atoms with Crippen LogP contribution < -0.4 is 5.32 Å². The number of benzene rings is 1. The van der Waals surface area contributed by atoms with Crippen molar-refractivity contribution in [1.29, 1.82) is 0 Å². The highest BCUT2D eigenvalue weighted by molar-refractivity contribution is 5.90. The molecule has 1 aliphatic heterocycles. The summed E-state index contributed by atoms with van der Waals surface area (Å²) in [6, 6.07) is 7.75. The van der Waals surface area contributed by atoms with E-state index in [2.05, 4.69) is 5.32 Å². The highest BCUT2D eigenvalue weighted by Crippen LogP contribution is 2.21. The fraction of sp³-hybridized carbons (Fsp3) is 0.615. The molecule has 0 aliphatic carbocycles. The van der Waals surface area contributed by atoms with E-state index in [9.17, 15) is 19.2 Å². The topological polar surface area (TPSA) is 111 Å². The first-order valence-corrected chi connectivity index (χ1v) is 12.2. The summed E-state index contributed by atoms with van der Waals surface area (Å²) >= 11 is 0. The SMILES string of the molecule is COC(=O)[C@H]1CCCN1C(=O)[C@H](CCCCCC(=O)OC(C)(C)C)NC(=O)OCc1ccccc1. The molecule has 194 valence electrons. The van der Waals surface area contributed by atoms with Gasteiger partial charge in [0.15, 0.2) is 0 Å². The molecule has 35 heavy (non-hydrogen) atoms. The molecular formula is C26H38N2O7. The third-order valence-electron chi connectivity index (χ3n) is 5.61. The number of carbonyl (C=O) groups excluding carboxylic acids is 4. The maximum absolute atomic E-state index is 13.3. The summed E-state index contributed by atoms with van der Waals surface area (Å²) < 4.78 is 15.5. The van der Waals surface area contributed by atoms with Gasteiger partial charge in [-0.2, -0.15) is 0 Å². The van der Waals surface area contributed by atoms with E-state index in [1.165, 1.54) is 12.0 Å². The molecule has 1 aromatic rings. The van der Waals surface area contributed by atoms with Crippen molar-refractivity contribution >= 4 is 23.9 Å². The minimum Gasteiger partial charge on any atom is -0.467 e. The minimum absolute atomic E-state index is 0.0813. The lowest BCUT2D eigenvalue weighted by Crippen LogP contribution is -2.52. The predicted octanol–water partition coefficient (Wildman–Crippen LogP) is 3.74.